The molecule has 0 aromatic heterocycles. The predicted molar refractivity (Wildman–Crippen MR) is 487 cm³/mol. The van der Waals surface area contributed by atoms with Crippen molar-refractivity contribution in [2.75, 3.05) is 26.1 Å². The zero-order valence-electron chi connectivity index (χ0n) is 73.8. The quantitative estimate of drug-likeness (QED) is 0.00750. The van der Waals surface area contributed by atoms with Gasteiger partial charge in [0.15, 0.2) is 18.1 Å². The molecule has 31 nitrogen and oxygen atoms in total. The van der Waals surface area contributed by atoms with Gasteiger partial charge in [-0.2, -0.15) is 4.99 Å². The highest BCUT2D eigenvalue weighted by Crippen LogP contribution is 2.44. The van der Waals surface area contributed by atoms with Crippen LogP contribution in [0.2, 0.25) is 0 Å². The number of methoxy groups -OCH3 is 2. The van der Waals surface area contributed by atoms with Crippen molar-refractivity contribution in [2.24, 2.45) is 43.6 Å². The number of fused-ring (bicyclic) bond motifs is 1. The molecule has 4 rings (SSSR count). The van der Waals surface area contributed by atoms with Gasteiger partial charge in [0, 0.05) is 70.9 Å². The van der Waals surface area contributed by atoms with E-state index in [1.54, 1.807) is 81.4 Å². The van der Waals surface area contributed by atoms with Crippen LogP contribution in [0.1, 0.15) is 287 Å². The summed E-state index contributed by atoms with van der Waals surface area (Å²) in [6.45, 7) is 26.4. The third-order valence-corrected chi connectivity index (χ3v) is 26.0. The molecule has 3 heterocycles. The fourth-order valence-corrected chi connectivity index (χ4v) is 21.3. The van der Waals surface area contributed by atoms with E-state index in [1.807, 2.05) is 0 Å². The molecule has 1 fully saturated rings. The predicted octanol–water partition coefficient (Wildman–Crippen LogP) is 13.8. The second-order valence-corrected chi connectivity index (χ2v) is 41.5. The molecule has 0 spiro atoms. The highest BCUT2D eigenvalue weighted by Gasteiger charge is 2.47. The zero-order chi connectivity index (χ0) is 91.5. The summed E-state index contributed by atoms with van der Waals surface area (Å²) >= 11 is 16.8. The molecule has 3 aliphatic heterocycles. The number of carbonyl (C=O) groups is 13. The summed E-state index contributed by atoms with van der Waals surface area (Å²) in [4.78, 5) is 188. The van der Waals surface area contributed by atoms with Gasteiger partial charge in [0.25, 0.3) is 30.7 Å². The molecule has 0 radical (unpaired) electrons. The van der Waals surface area contributed by atoms with E-state index in [9.17, 15) is 72.5 Å². The SMILES string of the molecule is CCCCCCCCCCC(C)SC(=S)SC(C)(CC(CC(CC(C)(C)OC=O)C(=O)NC(C)C)C(=O)NC1=NC(O)C2N=C(CNc3ccc(C(=O)NC(CCC(=O)O)C(=O)O)cc3)C=NC2=N1)C(=O)OC.CCCCCCCCCCC(C)SC(=S)SC(C)(CC(CC(CC(C)(C)OC=O)C(=O)NC(C)C)C(=O)ON1C(=O)CCC1=O)C(=O)OC. The van der Waals surface area contributed by atoms with Gasteiger partial charge >= 0.3 is 29.8 Å². The first-order chi connectivity index (χ1) is 57.5. The molecule has 37 heteroatoms. The van der Waals surface area contributed by atoms with Crippen molar-refractivity contribution < 1.29 is 101 Å². The fourth-order valence-electron chi connectivity index (χ4n) is 13.8. The van der Waals surface area contributed by atoms with Crippen LogP contribution in [-0.4, -0.2) is 212 Å². The highest BCUT2D eigenvalue weighted by molar-refractivity contribution is 8.48. The van der Waals surface area contributed by atoms with Crippen LogP contribution in [0, 0.1) is 23.7 Å². The Hall–Kier alpha value is -7.45. The number of hydrogen-bond donors (Lipinski definition) is 8. The number of aliphatic imine (C=N–C) groups is 4. The summed E-state index contributed by atoms with van der Waals surface area (Å²) in [5, 5.41) is 44.3. The van der Waals surface area contributed by atoms with Crippen molar-refractivity contribution in [1.82, 2.24) is 26.3 Å². The minimum Gasteiger partial charge on any atom is -0.481 e. The molecular weight excluding hydrogens is 1690 g/mol. The van der Waals surface area contributed by atoms with Gasteiger partial charge in [-0.05, 0) is 151 Å². The Kier molecular flexibility index (Phi) is 49.7. The molecule has 11 unspecified atom stereocenters. The monoisotopic (exact) mass is 1820 g/mol. The van der Waals surface area contributed by atoms with Crippen molar-refractivity contribution in [3.8, 4) is 0 Å². The second kappa shape index (κ2) is 55.8. The van der Waals surface area contributed by atoms with E-state index < -0.39 is 134 Å². The summed E-state index contributed by atoms with van der Waals surface area (Å²) in [6.07, 6.45) is 19.8. The van der Waals surface area contributed by atoms with Gasteiger partial charge < -0.3 is 60.4 Å². The molecule has 1 aromatic rings. The second-order valence-electron chi connectivity index (χ2n) is 33.3. The first-order valence-electron chi connectivity index (χ1n) is 42.2. The number of esters is 2. The van der Waals surface area contributed by atoms with E-state index in [1.165, 1.54) is 133 Å². The van der Waals surface area contributed by atoms with Crippen molar-refractivity contribution in [2.45, 2.75) is 338 Å². The number of anilines is 1. The summed E-state index contributed by atoms with van der Waals surface area (Å²) < 4.78 is 19.3. The minimum atomic E-state index is -1.53. The van der Waals surface area contributed by atoms with Gasteiger partial charge in [0.2, 0.25) is 23.7 Å². The third kappa shape index (κ3) is 41.1. The maximum absolute atomic E-state index is 14.6. The molecule has 0 aliphatic carbocycles. The number of thiocarbonyl (C=S) groups is 2. The number of aliphatic hydroxyl groups excluding tert-OH is 1. The number of benzene rings is 1. The molecule has 0 bridgehead atoms. The number of ether oxygens (including phenoxy) is 4. The first-order valence-corrected chi connectivity index (χ1v) is 46.4. The fraction of sp³-hybridized carbons (Fsp3) is 0.706. The number of nitrogens with one attached hydrogen (secondary N) is 5. The molecule has 3 aliphatic rings. The number of nitrogens with zero attached hydrogens (tertiary/aromatic N) is 5. The Morgan fingerprint density at radius 2 is 1.02 bits per heavy atom. The van der Waals surface area contributed by atoms with E-state index in [4.69, 9.17) is 53.3 Å². The smallest absolute Gasteiger partial charge is 0.336 e. The Labute approximate surface area is 747 Å². The maximum atomic E-state index is 14.6. The lowest BCUT2D eigenvalue weighted by molar-refractivity contribution is -0.201. The van der Waals surface area contributed by atoms with E-state index in [0.29, 0.717) is 36.5 Å². The number of hydrogen-bond acceptors (Lipinski definition) is 30. The van der Waals surface area contributed by atoms with Crippen LogP contribution in [0.25, 0.3) is 0 Å². The number of aliphatic hydroxyl groups is 1. The molecular formula is C85H132N10O21S6. The number of carboxylic acid groups (broad SMARTS) is 2. The Balaban J connectivity index is 0.000000683. The molecule has 1 saturated heterocycles. The number of amides is 6. The lowest BCUT2D eigenvalue weighted by Crippen LogP contribution is -2.47. The first kappa shape index (κ1) is 109. The number of thioether (sulfide) groups is 4. The molecule has 122 heavy (non-hydrogen) atoms. The van der Waals surface area contributed by atoms with Gasteiger partial charge in [-0.15, -0.1) is 28.6 Å². The van der Waals surface area contributed by atoms with E-state index in [-0.39, 0.29) is 104 Å². The topological polar surface area (TPSA) is 442 Å². The van der Waals surface area contributed by atoms with Crippen molar-refractivity contribution in [3.63, 3.8) is 0 Å². The largest absolute Gasteiger partial charge is 0.481 e. The molecule has 1 aromatic carbocycles. The Morgan fingerprint density at radius 3 is 1.45 bits per heavy atom. The summed E-state index contributed by atoms with van der Waals surface area (Å²) in [6, 6.07) is 3.17. The number of rotatable bonds is 56. The minimum absolute atomic E-state index is 0.0310. The number of unbranched alkanes of at least 4 members (excludes halogenated alkanes) is 14. The summed E-state index contributed by atoms with van der Waals surface area (Å²) in [7, 11) is 2.50. The number of carboxylic acids is 2. The standard InChI is InChI=1S/C50H74N8O12S3.C35H58N2O9S3/c1-9-10-11-12-13-14-15-16-17-31(4)72-48(71)73-50(7,46(68)69-8)26-34(24-33(42(63)53-30(2)3)25-49(5,6)70-29-59)43(64)57-47-56-40-39(44(65)58-47)54-36(28-52-40)27-51-35-20-18-32(19-21-35)41(62)55-37(45(66)67)22-23-38(60)61;1-9-10-11-12-13-14-15-16-17-25(4)48-33(47)49-35(7,32(43)44-8)22-27(31(42)46-37-28(39)18-19-29(37)40)20-26(30(41)36-24(2)3)21-34(5,6)45-23-38/h18-21,28-31,33-34,37,39,44,51,65H,9-17,22-27H2,1-8H3,(H,53,63)(H,55,62)(H,60,61)(H,66,67)(H,57,58,64);23-27H,9-22H2,1-8H3,(H,36,41). The third-order valence-electron chi connectivity index (χ3n) is 20.3. The van der Waals surface area contributed by atoms with E-state index in [2.05, 4.69) is 74.2 Å². The molecule has 11 atom stereocenters. The van der Waals surface area contributed by atoms with Gasteiger partial charge in [-0.1, -0.05) is 178 Å². The zero-order valence-corrected chi connectivity index (χ0v) is 78.7. The van der Waals surface area contributed by atoms with Crippen LogP contribution in [0.5, 0.6) is 0 Å². The number of aliphatic carboxylic acids is 2. The Morgan fingerprint density at radius 1 is 0.590 bits per heavy atom. The van der Waals surface area contributed by atoms with Gasteiger partial charge in [-0.25, -0.2) is 19.6 Å². The van der Waals surface area contributed by atoms with Crippen LogP contribution in [0.3, 0.4) is 0 Å². The number of carbonyl (C=O) groups excluding carboxylic acids is 11. The number of imide groups is 1. The number of hydroxylamine groups is 2. The van der Waals surface area contributed by atoms with Gasteiger partial charge in [-0.3, -0.25) is 63.0 Å². The van der Waals surface area contributed by atoms with Crippen LogP contribution >= 0.6 is 71.5 Å². The lowest BCUT2D eigenvalue weighted by Gasteiger charge is -2.33. The summed E-state index contributed by atoms with van der Waals surface area (Å²) in [5.74, 6) is -12.4. The molecule has 684 valence electrons. The molecule has 8 N–H and O–H groups in total. The highest BCUT2D eigenvalue weighted by atomic mass is 32.2. The van der Waals surface area contributed by atoms with Gasteiger partial charge in [0.05, 0.1) is 38.6 Å². The van der Waals surface area contributed by atoms with Crippen molar-refractivity contribution in [1.29, 1.82) is 0 Å². The van der Waals surface area contributed by atoms with Crippen LogP contribution in [-0.2, 0) is 81.3 Å². The average Bonchev–Trinajstić information content (AvgIpc) is 0.868. The maximum Gasteiger partial charge on any atom is 0.336 e. The number of guanidine groups is 1. The number of amidine groups is 1. The van der Waals surface area contributed by atoms with Crippen LogP contribution in [0.4, 0.5) is 5.69 Å². The van der Waals surface area contributed by atoms with Gasteiger partial charge in [0.1, 0.15) is 33.8 Å². The van der Waals surface area contributed by atoms with Crippen molar-refractivity contribution >= 4 is 186 Å². The lowest BCUT2D eigenvalue weighted by atomic mass is 9.81. The average molecular weight is 1820 g/mol. The van der Waals surface area contributed by atoms with E-state index in [0.717, 1.165) is 62.0 Å². The summed E-state index contributed by atoms with van der Waals surface area (Å²) in [5.41, 5.74) is -1.07. The van der Waals surface area contributed by atoms with Crippen molar-refractivity contribution in [3.05, 3.63) is 29.8 Å². The van der Waals surface area contributed by atoms with E-state index >= 15 is 0 Å². The normalized spacial score (nSPS) is 17.2. The van der Waals surface area contributed by atoms with Crippen LogP contribution in [0.15, 0.2) is 44.2 Å². The Bertz CT molecular complexity index is 3770. The molecule has 0 saturated carbocycles. The molecule has 6 amide bonds. The van der Waals surface area contributed by atoms with Crippen LogP contribution < -0.4 is 26.6 Å².